The summed E-state index contributed by atoms with van der Waals surface area (Å²) in [5.74, 6) is 0.205. The number of rotatable bonds is 12. The third kappa shape index (κ3) is 6.32. The Hall–Kier alpha value is -4.63. The Morgan fingerprint density at radius 1 is 1.00 bits per heavy atom. The van der Waals surface area contributed by atoms with E-state index in [1.165, 1.54) is 18.4 Å². The van der Waals surface area contributed by atoms with Gasteiger partial charge in [0.1, 0.15) is 28.9 Å². The van der Waals surface area contributed by atoms with Crippen molar-refractivity contribution in [2.24, 2.45) is 0 Å². The van der Waals surface area contributed by atoms with Crippen LogP contribution in [0.3, 0.4) is 0 Å². The molecule has 2 heterocycles. The number of aromatic nitrogens is 1. The summed E-state index contributed by atoms with van der Waals surface area (Å²) in [5, 5.41) is 5.70. The molecule has 204 valence electrons. The highest BCUT2D eigenvalue weighted by Crippen LogP contribution is 2.28. The van der Waals surface area contributed by atoms with Crippen LogP contribution in [0.25, 0.3) is 11.1 Å². The molecule has 0 saturated heterocycles. The number of methoxy groups -OCH3 is 1. The fraction of sp³-hybridized carbons (Fsp3) is 0.194. The average molecular weight is 556 g/mol. The lowest BCUT2D eigenvalue weighted by Crippen LogP contribution is -2.33. The van der Waals surface area contributed by atoms with Crippen molar-refractivity contribution in [1.29, 1.82) is 0 Å². The molecule has 9 heteroatoms. The average Bonchev–Trinajstić information content (AvgIpc) is 3.64. The summed E-state index contributed by atoms with van der Waals surface area (Å²) in [6, 6.07) is 26.0. The molecule has 0 saturated carbocycles. The molecular weight excluding hydrogens is 526 g/mol. The van der Waals surface area contributed by atoms with E-state index >= 15 is 0 Å². The van der Waals surface area contributed by atoms with Crippen molar-refractivity contribution in [3.8, 4) is 5.75 Å². The number of anilines is 2. The Labute approximate surface area is 236 Å². The predicted molar refractivity (Wildman–Crippen MR) is 157 cm³/mol. The van der Waals surface area contributed by atoms with Gasteiger partial charge < -0.3 is 24.1 Å². The Kier molecular flexibility index (Phi) is 8.41. The number of ketones is 1. The number of nitrogens with one attached hydrogen (secondary N) is 1. The monoisotopic (exact) mass is 555 g/mol. The van der Waals surface area contributed by atoms with Crippen molar-refractivity contribution in [2.75, 3.05) is 37.5 Å². The van der Waals surface area contributed by atoms with Gasteiger partial charge in [-0.1, -0.05) is 54.6 Å². The van der Waals surface area contributed by atoms with Gasteiger partial charge in [0, 0.05) is 19.0 Å². The summed E-state index contributed by atoms with van der Waals surface area (Å²) >= 11 is 1.38. The van der Waals surface area contributed by atoms with E-state index in [0.29, 0.717) is 47.5 Å². The molecule has 2 aromatic heterocycles. The standard InChI is InChI=1S/C31H29N3O5S/c1-34(31-33-25-10-6-7-11-27(25)39-31)17-18-38-23-14-12-21(13-15-23)20-26(30(36)37-2)32-29-24(16-19-40-29)28(35)22-8-4-3-5-9-22/h3-16,19,26,32H,17-18,20H2,1-2H3. The molecule has 0 aliphatic heterocycles. The fourth-order valence-corrected chi connectivity index (χ4v) is 5.05. The van der Waals surface area contributed by atoms with E-state index in [0.717, 1.165) is 16.7 Å². The van der Waals surface area contributed by atoms with Crippen molar-refractivity contribution in [2.45, 2.75) is 12.5 Å². The summed E-state index contributed by atoms with van der Waals surface area (Å²) < 4.78 is 16.8. The van der Waals surface area contributed by atoms with Crippen molar-refractivity contribution >= 4 is 45.2 Å². The largest absolute Gasteiger partial charge is 0.492 e. The SMILES string of the molecule is COC(=O)C(Cc1ccc(OCCN(C)c2nc3ccccc3o2)cc1)Nc1sccc1C(=O)c1ccccc1. The van der Waals surface area contributed by atoms with Crippen LogP contribution in [0.2, 0.25) is 0 Å². The van der Waals surface area contributed by atoms with Gasteiger partial charge in [-0.2, -0.15) is 4.98 Å². The number of carbonyl (C=O) groups is 2. The third-order valence-corrected chi connectivity index (χ3v) is 7.25. The molecule has 8 nitrogen and oxygen atoms in total. The highest BCUT2D eigenvalue weighted by Gasteiger charge is 2.23. The summed E-state index contributed by atoms with van der Waals surface area (Å²) in [6.45, 7) is 1.03. The second-order valence-electron chi connectivity index (χ2n) is 9.16. The first kappa shape index (κ1) is 27.0. The maximum Gasteiger partial charge on any atom is 0.328 e. The quantitative estimate of drug-likeness (QED) is 0.152. The molecular formula is C31H29N3O5S. The number of carbonyl (C=O) groups excluding carboxylic acids is 2. The maximum atomic E-state index is 13.0. The second-order valence-corrected chi connectivity index (χ2v) is 10.1. The Morgan fingerprint density at radius 2 is 1.75 bits per heavy atom. The van der Waals surface area contributed by atoms with Crippen molar-refractivity contribution < 1.29 is 23.5 Å². The van der Waals surface area contributed by atoms with E-state index in [4.69, 9.17) is 13.9 Å². The van der Waals surface area contributed by atoms with Gasteiger partial charge in [0.2, 0.25) is 0 Å². The van der Waals surface area contributed by atoms with E-state index in [2.05, 4.69) is 10.3 Å². The molecule has 1 N–H and O–H groups in total. The van der Waals surface area contributed by atoms with Crippen molar-refractivity contribution in [3.05, 3.63) is 107 Å². The normalized spacial score (nSPS) is 11.7. The number of hydrogen-bond acceptors (Lipinski definition) is 9. The van der Waals surface area contributed by atoms with Crippen LogP contribution in [0.1, 0.15) is 21.5 Å². The van der Waals surface area contributed by atoms with Crippen molar-refractivity contribution in [3.63, 3.8) is 0 Å². The minimum Gasteiger partial charge on any atom is -0.492 e. The molecule has 1 atom stereocenters. The van der Waals surface area contributed by atoms with Crippen LogP contribution in [0.4, 0.5) is 11.0 Å². The van der Waals surface area contributed by atoms with Gasteiger partial charge in [-0.3, -0.25) is 4.79 Å². The van der Waals surface area contributed by atoms with Gasteiger partial charge >= 0.3 is 5.97 Å². The van der Waals surface area contributed by atoms with E-state index < -0.39 is 12.0 Å². The summed E-state index contributed by atoms with van der Waals surface area (Å²) in [7, 11) is 3.26. The van der Waals surface area contributed by atoms with Crippen molar-refractivity contribution in [1.82, 2.24) is 4.98 Å². The molecule has 5 rings (SSSR count). The Morgan fingerprint density at radius 3 is 2.50 bits per heavy atom. The molecule has 0 amide bonds. The summed E-state index contributed by atoms with van der Waals surface area (Å²) in [6.07, 6.45) is 0.379. The third-order valence-electron chi connectivity index (χ3n) is 6.40. The van der Waals surface area contributed by atoms with Crippen LogP contribution in [0, 0.1) is 0 Å². The van der Waals surface area contributed by atoms with Crippen LogP contribution < -0.4 is 15.0 Å². The number of thiophene rings is 1. The number of hydrogen-bond donors (Lipinski definition) is 1. The van der Waals surface area contributed by atoms with E-state index in [9.17, 15) is 9.59 Å². The van der Waals surface area contributed by atoms with Gasteiger partial charge in [0.25, 0.3) is 6.01 Å². The van der Waals surface area contributed by atoms with Gasteiger partial charge in [-0.05, 0) is 41.3 Å². The molecule has 0 fully saturated rings. The smallest absolute Gasteiger partial charge is 0.328 e. The number of nitrogens with zero attached hydrogens (tertiary/aromatic N) is 2. The molecule has 1 unspecified atom stereocenters. The van der Waals surface area contributed by atoms with Gasteiger partial charge in [0.15, 0.2) is 11.4 Å². The van der Waals surface area contributed by atoms with Crippen LogP contribution in [0.5, 0.6) is 5.75 Å². The predicted octanol–water partition coefficient (Wildman–Crippen LogP) is 5.83. The number of ether oxygens (including phenoxy) is 2. The first-order valence-corrected chi connectivity index (χ1v) is 13.7. The molecule has 3 aromatic carbocycles. The van der Waals surface area contributed by atoms with Gasteiger partial charge in [0.05, 0.1) is 19.2 Å². The molecule has 0 aliphatic carbocycles. The number of fused-ring (bicyclic) bond motifs is 1. The lowest BCUT2D eigenvalue weighted by molar-refractivity contribution is -0.141. The van der Waals surface area contributed by atoms with Crippen LogP contribution in [0.15, 0.2) is 94.7 Å². The molecule has 0 radical (unpaired) electrons. The summed E-state index contributed by atoms with van der Waals surface area (Å²) in [5.41, 5.74) is 3.61. The highest BCUT2D eigenvalue weighted by atomic mass is 32.1. The minimum absolute atomic E-state index is 0.101. The fourth-order valence-electron chi connectivity index (χ4n) is 4.22. The van der Waals surface area contributed by atoms with E-state index in [1.807, 2.05) is 84.1 Å². The number of esters is 1. The lowest BCUT2D eigenvalue weighted by atomic mass is 10.0. The number of oxazole rings is 1. The molecule has 40 heavy (non-hydrogen) atoms. The zero-order chi connectivity index (χ0) is 27.9. The van der Waals surface area contributed by atoms with Gasteiger partial charge in [-0.25, -0.2) is 4.79 Å². The lowest BCUT2D eigenvalue weighted by Gasteiger charge is -2.18. The topological polar surface area (TPSA) is 93.9 Å². The first-order chi connectivity index (χ1) is 19.5. The van der Waals surface area contributed by atoms with Crippen LogP contribution in [-0.4, -0.2) is 50.1 Å². The number of para-hydroxylation sites is 2. The highest BCUT2D eigenvalue weighted by molar-refractivity contribution is 7.14. The number of likely N-dealkylation sites (N-methyl/N-ethyl adjacent to an activating group) is 1. The van der Waals surface area contributed by atoms with Gasteiger partial charge in [-0.15, -0.1) is 11.3 Å². The minimum atomic E-state index is -0.664. The summed E-state index contributed by atoms with van der Waals surface area (Å²) in [4.78, 5) is 32.1. The molecule has 0 aliphatic rings. The Bertz CT molecular complexity index is 1550. The second kappa shape index (κ2) is 12.5. The number of benzene rings is 3. The Balaban J connectivity index is 1.18. The van der Waals surface area contributed by atoms with Crippen LogP contribution in [-0.2, 0) is 16.0 Å². The van der Waals surface area contributed by atoms with E-state index in [1.54, 1.807) is 18.2 Å². The maximum absolute atomic E-state index is 13.0. The molecule has 5 aromatic rings. The van der Waals surface area contributed by atoms with E-state index in [-0.39, 0.29) is 5.78 Å². The zero-order valence-corrected chi connectivity index (χ0v) is 23.0. The first-order valence-electron chi connectivity index (χ1n) is 12.8. The molecule has 0 bridgehead atoms. The zero-order valence-electron chi connectivity index (χ0n) is 22.2. The van der Waals surface area contributed by atoms with Crippen LogP contribution >= 0.6 is 11.3 Å². The molecule has 0 spiro atoms.